The predicted molar refractivity (Wildman–Crippen MR) is 99.2 cm³/mol. The summed E-state index contributed by atoms with van der Waals surface area (Å²) in [7, 11) is 0. The van der Waals surface area contributed by atoms with Crippen molar-refractivity contribution in [2.75, 3.05) is 0 Å². The second kappa shape index (κ2) is 9.37. The normalized spacial score (nSPS) is 12.3. The van der Waals surface area contributed by atoms with Crippen molar-refractivity contribution in [3.63, 3.8) is 0 Å². The van der Waals surface area contributed by atoms with Gasteiger partial charge in [0.25, 0.3) is 0 Å². The van der Waals surface area contributed by atoms with Crippen LogP contribution in [0.5, 0.6) is 11.8 Å². The number of hydrogen-bond acceptors (Lipinski definition) is 4. The van der Waals surface area contributed by atoms with E-state index < -0.39 is 18.9 Å². The summed E-state index contributed by atoms with van der Waals surface area (Å²) < 4.78 is 67.4. The van der Waals surface area contributed by atoms with Crippen LogP contribution in [-0.2, 0) is 10.8 Å². The lowest BCUT2D eigenvalue weighted by molar-refractivity contribution is -0.276. The lowest BCUT2D eigenvalue weighted by Crippen LogP contribution is -2.20. The fourth-order valence-corrected chi connectivity index (χ4v) is 2.00. The molecule has 0 radical (unpaired) electrons. The maximum atomic E-state index is 11.9. The molecule has 2 heterocycles. The maximum Gasteiger partial charge on any atom is 0.574 e. The van der Waals surface area contributed by atoms with Gasteiger partial charge in [0.05, 0.1) is 0 Å². The van der Waals surface area contributed by atoms with Gasteiger partial charge in [0.1, 0.15) is 0 Å². The Morgan fingerprint density at radius 3 is 1.52 bits per heavy atom. The van der Waals surface area contributed by atoms with Crippen LogP contribution in [0.25, 0.3) is 0 Å². The Morgan fingerprint density at radius 1 is 0.724 bits per heavy atom. The lowest BCUT2D eigenvalue weighted by Gasteiger charge is -2.18. The number of halogens is 5. The molecule has 0 amide bonds. The quantitative estimate of drug-likeness (QED) is 0.550. The summed E-state index contributed by atoms with van der Waals surface area (Å²) in [6.07, 6.45) is -4.69. The first kappa shape index (κ1) is 24.6. The standard InChI is InChI=1S/C10H12F3NO.C10H13F2NO/c1-9(2,3)7-5-4-6-8(14-7)15-10(11,12)13;1-10(2,3)7-5-4-6-8(13-7)14-9(11)12/h4-6H,1-3H3;4-6,9H,1-3H3. The van der Waals surface area contributed by atoms with E-state index in [-0.39, 0.29) is 16.7 Å². The van der Waals surface area contributed by atoms with Crippen LogP contribution in [0.1, 0.15) is 52.9 Å². The van der Waals surface area contributed by atoms with Crippen LogP contribution in [0.15, 0.2) is 36.4 Å². The summed E-state index contributed by atoms with van der Waals surface area (Å²) in [4.78, 5) is 7.77. The first-order valence-electron chi connectivity index (χ1n) is 8.73. The fourth-order valence-electron chi connectivity index (χ4n) is 2.00. The molecular formula is C20H25F5N2O2. The van der Waals surface area contributed by atoms with E-state index in [9.17, 15) is 22.0 Å². The van der Waals surface area contributed by atoms with Gasteiger partial charge in [0, 0.05) is 34.4 Å². The van der Waals surface area contributed by atoms with E-state index >= 15 is 0 Å². The molecule has 0 fully saturated rings. The highest BCUT2D eigenvalue weighted by Gasteiger charge is 2.32. The second-order valence-corrected chi connectivity index (χ2v) is 8.15. The number of nitrogens with zero attached hydrogens (tertiary/aromatic N) is 2. The van der Waals surface area contributed by atoms with Crippen LogP contribution in [0.2, 0.25) is 0 Å². The molecule has 0 spiro atoms. The van der Waals surface area contributed by atoms with Crippen molar-refractivity contribution >= 4 is 0 Å². The zero-order valence-corrected chi connectivity index (χ0v) is 17.1. The molecule has 0 aliphatic rings. The van der Waals surface area contributed by atoms with E-state index in [0.29, 0.717) is 5.69 Å². The summed E-state index contributed by atoms with van der Waals surface area (Å²) in [6, 6.07) is 9.21. The van der Waals surface area contributed by atoms with E-state index in [2.05, 4.69) is 19.4 Å². The monoisotopic (exact) mass is 420 g/mol. The Hall–Kier alpha value is -2.45. The van der Waals surface area contributed by atoms with Gasteiger partial charge in [-0.25, -0.2) is 9.97 Å². The zero-order chi connectivity index (χ0) is 22.5. The lowest BCUT2D eigenvalue weighted by atomic mass is 9.92. The van der Waals surface area contributed by atoms with Crippen molar-refractivity contribution < 1.29 is 31.4 Å². The number of aromatic nitrogens is 2. The fraction of sp³-hybridized carbons (Fsp3) is 0.500. The van der Waals surface area contributed by atoms with Crippen LogP contribution in [-0.4, -0.2) is 22.9 Å². The van der Waals surface area contributed by atoms with E-state index in [1.165, 1.54) is 18.2 Å². The van der Waals surface area contributed by atoms with Crippen molar-refractivity contribution in [3.05, 3.63) is 47.8 Å². The van der Waals surface area contributed by atoms with Gasteiger partial charge in [0.2, 0.25) is 11.8 Å². The minimum Gasteiger partial charge on any atom is -0.417 e. The summed E-state index contributed by atoms with van der Waals surface area (Å²) in [5.74, 6) is -0.456. The largest absolute Gasteiger partial charge is 0.574 e. The van der Waals surface area contributed by atoms with Crippen LogP contribution < -0.4 is 9.47 Å². The SMILES string of the molecule is CC(C)(C)c1cccc(OC(F)(F)F)n1.CC(C)(C)c1cccc(OC(F)F)n1. The highest BCUT2D eigenvalue weighted by Crippen LogP contribution is 2.25. The highest BCUT2D eigenvalue weighted by atomic mass is 19.4. The molecule has 2 aromatic rings. The minimum absolute atomic E-state index is 0.0348. The number of ether oxygens (including phenoxy) is 2. The van der Waals surface area contributed by atoms with Crippen molar-refractivity contribution in [1.82, 2.24) is 9.97 Å². The molecule has 0 aromatic carbocycles. The Balaban J connectivity index is 0.000000291. The molecule has 2 rings (SSSR count). The average Bonchev–Trinajstić information content (AvgIpc) is 2.52. The molecule has 4 nitrogen and oxygen atoms in total. The van der Waals surface area contributed by atoms with Crippen molar-refractivity contribution in [2.24, 2.45) is 0 Å². The Bertz CT molecular complexity index is 781. The molecule has 162 valence electrons. The van der Waals surface area contributed by atoms with E-state index in [1.807, 2.05) is 41.5 Å². The van der Waals surface area contributed by atoms with Gasteiger partial charge < -0.3 is 9.47 Å². The summed E-state index contributed by atoms with van der Waals surface area (Å²) in [6.45, 7) is 8.66. The highest BCUT2D eigenvalue weighted by molar-refractivity contribution is 5.21. The van der Waals surface area contributed by atoms with Crippen molar-refractivity contribution in [1.29, 1.82) is 0 Å². The molecule has 0 aliphatic carbocycles. The molecule has 0 unspecified atom stereocenters. The van der Waals surface area contributed by atoms with Gasteiger partial charge in [-0.3, -0.25) is 0 Å². The molecule has 0 atom stereocenters. The maximum absolute atomic E-state index is 11.9. The number of alkyl halides is 5. The summed E-state index contributed by atoms with van der Waals surface area (Å²) >= 11 is 0. The summed E-state index contributed by atoms with van der Waals surface area (Å²) in [5.41, 5.74) is 0.826. The van der Waals surface area contributed by atoms with Gasteiger partial charge in [-0.15, -0.1) is 13.2 Å². The molecule has 0 bridgehead atoms. The number of hydrogen-bond donors (Lipinski definition) is 0. The number of pyridine rings is 2. The van der Waals surface area contributed by atoms with Crippen LogP contribution >= 0.6 is 0 Å². The first-order chi connectivity index (χ1) is 13.1. The minimum atomic E-state index is -4.69. The van der Waals surface area contributed by atoms with Gasteiger partial charge in [0.15, 0.2) is 0 Å². The molecular weight excluding hydrogens is 395 g/mol. The molecule has 0 saturated heterocycles. The average molecular weight is 420 g/mol. The van der Waals surface area contributed by atoms with Crippen LogP contribution in [0.3, 0.4) is 0 Å². The van der Waals surface area contributed by atoms with Gasteiger partial charge in [-0.2, -0.15) is 8.78 Å². The first-order valence-corrected chi connectivity index (χ1v) is 8.73. The molecule has 2 aromatic heterocycles. The van der Waals surface area contributed by atoms with E-state index in [4.69, 9.17) is 0 Å². The molecule has 29 heavy (non-hydrogen) atoms. The second-order valence-electron chi connectivity index (χ2n) is 8.15. The van der Waals surface area contributed by atoms with Crippen molar-refractivity contribution in [3.8, 4) is 11.8 Å². The van der Waals surface area contributed by atoms with Crippen LogP contribution in [0, 0.1) is 0 Å². The van der Waals surface area contributed by atoms with Gasteiger partial charge in [-0.05, 0) is 12.1 Å². The molecule has 0 saturated carbocycles. The molecule has 0 aliphatic heterocycles. The Labute approximate surface area is 167 Å². The third-order valence-corrected chi connectivity index (χ3v) is 3.41. The predicted octanol–water partition coefficient (Wildman–Crippen LogP) is 6.26. The van der Waals surface area contributed by atoms with Crippen LogP contribution in [0.4, 0.5) is 22.0 Å². The van der Waals surface area contributed by atoms with Crippen molar-refractivity contribution in [2.45, 2.75) is 65.3 Å². The van der Waals surface area contributed by atoms with E-state index in [1.54, 1.807) is 18.2 Å². The molecule has 9 heteroatoms. The Morgan fingerprint density at radius 2 is 1.14 bits per heavy atom. The van der Waals surface area contributed by atoms with E-state index in [0.717, 1.165) is 5.69 Å². The zero-order valence-electron chi connectivity index (χ0n) is 17.1. The number of rotatable bonds is 3. The summed E-state index contributed by atoms with van der Waals surface area (Å²) in [5, 5.41) is 0. The third-order valence-electron chi connectivity index (χ3n) is 3.41. The van der Waals surface area contributed by atoms with Gasteiger partial charge >= 0.3 is 13.0 Å². The van der Waals surface area contributed by atoms with Gasteiger partial charge in [-0.1, -0.05) is 53.7 Å². The topological polar surface area (TPSA) is 44.2 Å². The third kappa shape index (κ3) is 9.54. The smallest absolute Gasteiger partial charge is 0.417 e. The molecule has 0 N–H and O–H groups in total. The Kier molecular flexibility index (Phi) is 7.94.